The molecule has 0 radical (unpaired) electrons. The number of hydrogen-bond donors (Lipinski definition) is 3. The maximum atomic E-state index is 12.7. The molecule has 21 heavy (non-hydrogen) atoms. The van der Waals surface area contributed by atoms with Gasteiger partial charge in [-0.3, -0.25) is 14.9 Å². The highest BCUT2D eigenvalue weighted by atomic mass is 16.2. The Balaban J connectivity index is 2.07. The Kier molecular flexibility index (Phi) is 3.52. The number of nitrogens with zero attached hydrogens (tertiary/aromatic N) is 1. The van der Waals surface area contributed by atoms with Gasteiger partial charge in [-0.1, -0.05) is 0 Å². The van der Waals surface area contributed by atoms with Gasteiger partial charge in [-0.15, -0.1) is 0 Å². The van der Waals surface area contributed by atoms with Crippen molar-refractivity contribution in [3.8, 4) is 0 Å². The summed E-state index contributed by atoms with van der Waals surface area (Å²) in [5.74, 6) is -0.312. The Hall–Kier alpha value is -1.63. The number of nitrogens with two attached hydrogens (primary N) is 1. The molecule has 0 saturated carbocycles. The summed E-state index contributed by atoms with van der Waals surface area (Å²) in [6, 6.07) is -0.455. The first-order chi connectivity index (χ1) is 9.49. The normalized spacial score (nSPS) is 22.2. The number of rotatable bonds is 2. The lowest BCUT2D eigenvalue weighted by molar-refractivity contribution is -0.146. The number of likely N-dealkylation sites (tertiary alicyclic amines) is 1. The van der Waals surface area contributed by atoms with Gasteiger partial charge in [0.1, 0.15) is 5.54 Å². The average molecular weight is 296 g/mol. The highest BCUT2D eigenvalue weighted by Crippen LogP contribution is 2.33. The second kappa shape index (κ2) is 4.69. The number of imide groups is 1. The first kappa shape index (κ1) is 15.8. The van der Waals surface area contributed by atoms with E-state index in [0.717, 1.165) is 0 Å². The molecule has 4 amide bonds. The standard InChI is InChI=1S/C14H24N4O3/c1-12(2,13(3,4)15)10(20)18-7-5-14(6-8-18)9(19)16-11(21)17-14/h5-8,15H2,1-4H3,(H2,16,17,19,21). The SMILES string of the molecule is CC(C)(N)C(C)(C)C(=O)N1CCC2(CC1)NC(=O)NC2=O. The van der Waals surface area contributed by atoms with E-state index >= 15 is 0 Å². The third-order valence-corrected chi connectivity index (χ3v) is 5.06. The summed E-state index contributed by atoms with van der Waals surface area (Å²) in [6.45, 7) is 8.22. The van der Waals surface area contributed by atoms with Crippen LogP contribution in [0.15, 0.2) is 0 Å². The quantitative estimate of drug-likeness (QED) is 0.621. The molecule has 2 saturated heterocycles. The minimum atomic E-state index is -0.851. The molecular formula is C14H24N4O3. The summed E-state index contributed by atoms with van der Waals surface area (Å²) in [6.07, 6.45) is 0.856. The number of piperidine rings is 1. The second-order valence-electron chi connectivity index (χ2n) is 7.13. The predicted molar refractivity (Wildman–Crippen MR) is 77.3 cm³/mol. The van der Waals surface area contributed by atoms with Crippen molar-refractivity contribution >= 4 is 17.8 Å². The van der Waals surface area contributed by atoms with Crippen molar-refractivity contribution in [1.29, 1.82) is 0 Å². The zero-order chi connectivity index (χ0) is 16.1. The summed E-state index contributed by atoms with van der Waals surface area (Å²) < 4.78 is 0. The number of carbonyl (C=O) groups is 3. The van der Waals surface area contributed by atoms with E-state index in [1.807, 2.05) is 27.7 Å². The van der Waals surface area contributed by atoms with E-state index in [-0.39, 0.29) is 11.8 Å². The molecule has 1 spiro atoms. The third kappa shape index (κ3) is 2.50. The predicted octanol–water partition coefficient (Wildman–Crippen LogP) is -0.0495. The average Bonchev–Trinajstić information content (AvgIpc) is 2.63. The molecule has 2 aliphatic heterocycles. The van der Waals surface area contributed by atoms with Gasteiger partial charge in [0.05, 0.1) is 5.41 Å². The van der Waals surface area contributed by atoms with Gasteiger partial charge >= 0.3 is 6.03 Å². The van der Waals surface area contributed by atoms with Crippen LogP contribution in [0.25, 0.3) is 0 Å². The van der Waals surface area contributed by atoms with Crippen molar-refractivity contribution in [1.82, 2.24) is 15.5 Å². The Morgan fingerprint density at radius 2 is 1.71 bits per heavy atom. The van der Waals surface area contributed by atoms with Crippen LogP contribution in [0.5, 0.6) is 0 Å². The second-order valence-corrected chi connectivity index (χ2v) is 7.13. The molecule has 7 heteroatoms. The van der Waals surface area contributed by atoms with E-state index in [9.17, 15) is 14.4 Å². The van der Waals surface area contributed by atoms with Crippen LogP contribution in [0.1, 0.15) is 40.5 Å². The number of nitrogens with one attached hydrogen (secondary N) is 2. The lowest BCUT2D eigenvalue weighted by atomic mass is 9.73. The zero-order valence-corrected chi connectivity index (χ0v) is 13.1. The van der Waals surface area contributed by atoms with Crippen molar-refractivity contribution in [3.05, 3.63) is 0 Å². The maximum Gasteiger partial charge on any atom is 0.322 e. The highest BCUT2D eigenvalue weighted by Gasteiger charge is 2.50. The van der Waals surface area contributed by atoms with Gasteiger partial charge in [0.25, 0.3) is 5.91 Å². The Morgan fingerprint density at radius 1 is 1.19 bits per heavy atom. The van der Waals surface area contributed by atoms with E-state index in [4.69, 9.17) is 5.73 Å². The first-order valence-electron chi connectivity index (χ1n) is 7.21. The first-order valence-corrected chi connectivity index (χ1v) is 7.21. The summed E-state index contributed by atoms with van der Waals surface area (Å²) in [4.78, 5) is 37.6. The number of carbonyl (C=O) groups excluding carboxylic acids is 3. The van der Waals surface area contributed by atoms with Crippen molar-refractivity contribution < 1.29 is 14.4 Å². The van der Waals surface area contributed by atoms with Gasteiger partial charge < -0.3 is 16.0 Å². The highest BCUT2D eigenvalue weighted by molar-refractivity contribution is 6.07. The van der Waals surface area contributed by atoms with Crippen LogP contribution in [0.4, 0.5) is 4.79 Å². The molecule has 0 bridgehead atoms. The molecule has 0 aliphatic carbocycles. The van der Waals surface area contributed by atoms with Gasteiger partial charge in [0.15, 0.2) is 0 Å². The molecule has 0 atom stereocenters. The van der Waals surface area contributed by atoms with Crippen molar-refractivity contribution in [2.24, 2.45) is 11.1 Å². The van der Waals surface area contributed by atoms with E-state index in [1.165, 1.54) is 0 Å². The van der Waals surface area contributed by atoms with E-state index in [2.05, 4.69) is 10.6 Å². The van der Waals surface area contributed by atoms with E-state index in [1.54, 1.807) is 4.90 Å². The fourth-order valence-corrected chi connectivity index (χ4v) is 2.64. The van der Waals surface area contributed by atoms with Crippen LogP contribution in [-0.2, 0) is 9.59 Å². The van der Waals surface area contributed by atoms with Crippen LogP contribution in [0.3, 0.4) is 0 Å². The van der Waals surface area contributed by atoms with Crippen molar-refractivity contribution in [2.75, 3.05) is 13.1 Å². The van der Waals surface area contributed by atoms with Crippen molar-refractivity contribution in [3.63, 3.8) is 0 Å². The molecule has 0 aromatic rings. The minimum absolute atomic E-state index is 0.0189. The summed E-state index contributed by atoms with van der Waals surface area (Å²) in [5.41, 5.74) is 3.92. The molecule has 0 aromatic carbocycles. The molecule has 2 heterocycles. The fraction of sp³-hybridized carbons (Fsp3) is 0.786. The topological polar surface area (TPSA) is 105 Å². The molecule has 2 rings (SSSR count). The van der Waals surface area contributed by atoms with Gasteiger partial charge in [-0.05, 0) is 40.5 Å². The molecule has 0 aromatic heterocycles. The number of hydrogen-bond acceptors (Lipinski definition) is 4. The molecule has 7 nitrogen and oxygen atoms in total. The lowest BCUT2D eigenvalue weighted by Gasteiger charge is -2.44. The summed E-state index contributed by atoms with van der Waals surface area (Å²) >= 11 is 0. The van der Waals surface area contributed by atoms with Crippen LogP contribution < -0.4 is 16.4 Å². The molecule has 118 valence electrons. The molecular weight excluding hydrogens is 272 g/mol. The third-order valence-electron chi connectivity index (χ3n) is 5.06. The maximum absolute atomic E-state index is 12.7. The van der Waals surface area contributed by atoms with Gasteiger partial charge in [-0.25, -0.2) is 4.79 Å². The van der Waals surface area contributed by atoms with E-state index < -0.39 is 22.5 Å². The largest absolute Gasteiger partial charge is 0.342 e. The fourth-order valence-electron chi connectivity index (χ4n) is 2.64. The molecule has 2 aliphatic rings. The monoisotopic (exact) mass is 296 g/mol. The number of urea groups is 1. The molecule has 4 N–H and O–H groups in total. The molecule has 2 fully saturated rings. The van der Waals surface area contributed by atoms with Crippen LogP contribution in [-0.4, -0.2) is 46.9 Å². The van der Waals surface area contributed by atoms with Crippen LogP contribution >= 0.6 is 0 Å². The minimum Gasteiger partial charge on any atom is -0.342 e. The molecule has 0 unspecified atom stereocenters. The Labute approximate surface area is 124 Å². The van der Waals surface area contributed by atoms with Gasteiger partial charge in [-0.2, -0.15) is 0 Å². The number of amides is 4. The lowest BCUT2D eigenvalue weighted by Crippen LogP contribution is -2.61. The summed E-state index contributed by atoms with van der Waals surface area (Å²) in [7, 11) is 0. The van der Waals surface area contributed by atoms with Crippen LogP contribution in [0.2, 0.25) is 0 Å². The van der Waals surface area contributed by atoms with Gasteiger partial charge in [0.2, 0.25) is 5.91 Å². The zero-order valence-electron chi connectivity index (χ0n) is 13.1. The van der Waals surface area contributed by atoms with Crippen molar-refractivity contribution in [2.45, 2.75) is 51.6 Å². The Bertz CT molecular complexity index is 485. The van der Waals surface area contributed by atoms with Gasteiger partial charge in [0, 0.05) is 18.6 Å². The Morgan fingerprint density at radius 3 is 2.10 bits per heavy atom. The smallest absolute Gasteiger partial charge is 0.322 e. The summed E-state index contributed by atoms with van der Waals surface area (Å²) in [5, 5.41) is 4.95. The van der Waals surface area contributed by atoms with Crippen LogP contribution in [0, 0.1) is 5.41 Å². The van der Waals surface area contributed by atoms with E-state index in [0.29, 0.717) is 25.9 Å².